The van der Waals surface area contributed by atoms with Crippen LogP contribution in [0.4, 0.5) is 11.4 Å². The Kier molecular flexibility index (Phi) is 5.55. The van der Waals surface area contributed by atoms with Crippen LogP contribution >= 0.6 is 12.2 Å². The molecule has 154 valence electrons. The topological polar surface area (TPSA) is 70.4 Å². The van der Waals surface area contributed by atoms with E-state index in [9.17, 15) is 4.79 Å². The van der Waals surface area contributed by atoms with Crippen molar-refractivity contribution in [2.75, 3.05) is 10.2 Å². The van der Waals surface area contributed by atoms with Gasteiger partial charge in [-0.25, -0.2) is 0 Å². The number of amides is 1. The van der Waals surface area contributed by atoms with Crippen molar-refractivity contribution in [3.8, 4) is 0 Å². The predicted molar refractivity (Wildman–Crippen MR) is 121 cm³/mol. The van der Waals surface area contributed by atoms with Crippen molar-refractivity contribution < 1.29 is 9.21 Å². The summed E-state index contributed by atoms with van der Waals surface area (Å²) in [6.07, 6.45) is 3.44. The first-order valence-electron chi connectivity index (χ1n) is 9.91. The number of aryl methyl sites for hydroxylation is 1. The van der Waals surface area contributed by atoms with E-state index >= 15 is 0 Å². The largest absolute Gasteiger partial charge is 0.467 e. The Labute approximate surface area is 181 Å². The van der Waals surface area contributed by atoms with Crippen LogP contribution in [0.2, 0.25) is 0 Å². The SMILES string of the molecule is Cc1cc(N2C(=S)N[C@H](c3ccccn3)[C@@H]2c2ccco2)ccc1NC(=O)C(C)C. The Morgan fingerprint density at radius 1 is 1.23 bits per heavy atom. The maximum atomic E-state index is 12.1. The van der Waals surface area contributed by atoms with Crippen molar-refractivity contribution in [1.29, 1.82) is 0 Å². The molecule has 0 spiro atoms. The third-order valence-corrected chi connectivity index (χ3v) is 5.52. The Morgan fingerprint density at radius 3 is 2.70 bits per heavy atom. The first-order valence-corrected chi connectivity index (χ1v) is 10.3. The fourth-order valence-electron chi connectivity index (χ4n) is 3.60. The number of nitrogens with zero attached hydrogens (tertiary/aromatic N) is 2. The Morgan fingerprint density at radius 2 is 2.07 bits per heavy atom. The average molecular weight is 421 g/mol. The van der Waals surface area contributed by atoms with E-state index in [1.165, 1.54) is 0 Å². The highest BCUT2D eigenvalue weighted by molar-refractivity contribution is 7.80. The van der Waals surface area contributed by atoms with Crippen molar-refractivity contribution in [3.05, 3.63) is 78.0 Å². The lowest BCUT2D eigenvalue weighted by atomic mass is 10.0. The molecule has 2 aromatic heterocycles. The molecule has 1 aliphatic rings. The van der Waals surface area contributed by atoms with Gasteiger partial charge in [-0.05, 0) is 67.2 Å². The molecule has 0 saturated carbocycles. The van der Waals surface area contributed by atoms with E-state index in [2.05, 4.69) is 20.5 Å². The molecule has 0 bridgehead atoms. The van der Waals surface area contributed by atoms with Crippen LogP contribution in [-0.2, 0) is 4.79 Å². The molecule has 1 aliphatic heterocycles. The van der Waals surface area contributed by atoms with Crippen LogP contribution in [0.25, 0.3) is 0 Å². The lowest BCUT2D eigenvalue weighted by molar-refractivity contribution is -0.118. The summed E-state index contributed by atoms with van der Waals surface area (Å²) in [5, 5.41) is 6.98. The summed E-state index contributed by atoms with van der Waals surface area (Å²) in [6.45, 7) is 5.72. The van der Waals surface area contributed by atoms with Crippen molar-refractivity contribution >= 4 is 34.6 Å². The van der Waals surface area contributed by atoms with Gasteiger partial charge in [0.1, 0.15) is 11.8 Å². The highest BCUT2D eigenvalue weighted by Crippen LogP contribution is 2.42. The minimum absolute atomic E-state index is 0.00659. The fraction of sp³-hybridized carbons (Fsp3) is 0.261. The predicted octanol–water partition coefficient (Wildman–Crippen LogP) is 4.75. The molecule has 4 rings (SSSR count). The molecule has 30 heavy (non-hydrogen) atoms. The van der Waals surface area contributed by atoms with E-state index in [1.807, 2.05) is 69.3 Å². The molecule has 3 heterocycles. The summed E-state index contributed by atoms with van der Waals surface area (Å²) >= 11 is 5.71. The number of hydrogen-bond donors (Lipinski definition) is 2. The Balaban J connectivity index is 1.71. The smallest absolute Gasteiger partial charge is 0.226 e. The molecule has 0 aliphatic carbocycles. The number of thiocarbonyl (C=S) groups is 1. The van der Waals surface area contributed by atoms with Gasteiger partial charge in [0, 0.05) is 23.5 Å². The van der Waals surface area contributed by atoms with Crippen LogP contribution < -0.4 is 15.5 Å². The lowest BCUT2D eigenvalue weighted by Crippen LogP contribution is -2.29. The summed E-state index contributed by atoms with van der Waals surface area (Å²) in [5.74, 6) is 0.711. The first-order chi connectivity index (χ1) is 14.5. The fourth-order valence-corrected chi connectivity index (χ4v) is 3.94. The minimum Gasteiger partial charge on any atom is -0.467 e. The second-order valence-corrected chi connectivity index (χ2v) is 8.04. The summed E-state index contributed by atoms with van der Waals surface area (Å²) in [6, 6.07) is 15.2. The molecule has 1 fully saturated rings. The van der Waals surface area contributed by atoms with E-state index in [-0.39, 0.29) is 23.9 Å². The summed E-state index contributed by atoms with van der Waals surface area (Å²) in [4.78, 5) is 18.7. The van der Waals surface area contributed by atoms with Gasteiger partial charge in [-0.3, -0.25) is 9.78 Å². The van der Waals surface area contributed by atoms with Gasteiger partial charge in [0.2, 0.25) is 5.91 Å². The number of rotatable bonds is 5. The number of anilines is 2. The van der Waals surface area contributed by atoms with Crippen LogP contribution in [0.5, 0.6) is 0 Å². The van der Waals surface area contributed by atoms with Crippen LogP contribution in [0.1, 0.15) is 42.9 Å². The van der Waals surface area contributed by atoms with Gasteiger partial charge >= 0.3 is 0 Å². The first kappa shape index (κ1) is 20.1. The molecular formula is C23H24N4O2S. The Bertz CT molecular complexity index is 1050. The van der Waals surface area contributed by atoms with E-state index in [0.717, 1.165) is 28.4 Å². The molecule has 3 aromatic rings. The number of carbonyl (C=O) groups excluding carboxylic acids is 1. The molecule has 6 nitrogen and oxygen atoms in total. The quantitative estimate of drug-likeness (QED) is 0.580. The van der Waals surface area contributed by atoms with E-state index in [1.54, 1.807) is 12.5 Å². The monoisotopic (exact) mass is 420 g/mol. The Hall–Kier alpha value is -3.19. The zero-order valence-corrected chi connectivity index (χ0v) is 17.9. The number of furan rings is 1. The number of benzene rings is 1. The number of carbonyl (C=O) groups is 1. The van der Waals surface area contributed by atoms with Gasteiger partial charge in [-0.15, -0.1) is 0 Å². The standard InChI is InChI=1S/C23H24N4O2S/c1-14(2)22(28)25-17-10-9-16(13-15(17)3)27-21(19-8-6-12-29-19)20(26-23(27)30)18-7-4-5-11-24-18/h4-14,20-21H,1-3H3,(H,25,28)(H,26,30)/t20-,21+/m1/s1. The molecule has 1 aromatic carbocycles. The zero-order chi connectivity index (χ0) is 21.3. The number of hydrogen-bond acceptors (Lipinski definition) is 4. The van der Waals surface area contributed by atoms with Crippen molar-refractivity contribution in [1.82, 2.24) is 10.3 Å². The van der Waals surface area contributed by atoms with E-state index in [0.29, 0.717) is 5.11 Å². The van der Waals surface area contributed by atoms with Gasteiger partial charge < -0.3 is 20.0 Å². The zero-order valence-electron chi connectivity index (χ0n) is 17.1. The highest BCUT2D eigenvalue weighted by atomic mass is 32.1. The summed E-state index contributed by atoms with van der Waals surface area (Å²) < 4.78 is 5.78. The second-order valence-electron chi connectivity index (χ2n) is 7.66. The van der Waals surface area contributed by atoms with Crippen molar-refractivity contribution in [3.63, 3.8) is 0 Å². The van der Waals surface area contributed by atoms with Gasteiger partial charge in [0.15, 0.2) is 5.11 Å². The minimum atomic E-state index is -0.182. The van der Waals surface area contributed by atoms with Crippen molar-refractivity contribution in [2.24, 2.45) is 5.92 Å². The highest BCUT2D eigenvalue weighted by Gasteiger charge is 2.42. The van der Waals surface area contributed by atoms with Crippen LogP contribution in [0, 0.1) is 12.8 Å². The van der Waals surface area contributed by atoms with Gasteiger partial charge in [0.05, 0.1) is 18.0 Å². The summed E-state index contributed by atoms with van der Waals surface area (Å²) in [5.41, 5.74) is 3.57. The van der Waals surface area contributed by atoms with E-state index < -0.39 is 0 Å². The maximum absolute atomic E-state index is 12.1. The molecule has 2 atom stereocenters. The second kappa shape index (κ2) is 8.28. The third-order valence-electron chi connectivity index (χ3n) is 5.20. The molecule has 0 unspecified atom stereocenters. The summed E-state index contributed by atoms with van der Waals surface area (Å²) in [7, 11) is 0. The molecular weight excluding hydrogens is 396 g/mol. The van der Waals surface area contributed by atoms with Gasteiger partial charge in [-0.2, -0.15) is 0 Å². The van der Waals surface area contributed by atoms with Crippen LogP contribution in [-0.4, -0.2) is 16.0 Å². The average Bonchev–Trinajstić information content (AvgIpc) is 3.37. The normalized spacial score (nSPS) is 18.5. The van der Waals surface area contributed by atoms with Crippen molar-refractivity contribution in [2.45, 2.75) is 32.9 Å². The molecule has 1 amide bonds. The molecule has 1 saturated heterocycles. The van der Waals surface area contributed by atoms with Crippen LogP contribution in [0.3, 0.4) is 0 Å². The third kappa shape index (κ3) is 3.80. The van der Waals surface area contributed by atoms with E-state index in [4.69, 9.17) is 16.6 Å². The molecule has 0 radical (unpaired) electrons. The maximum Gasteiger partial charge on any atom is 0.226 e. The number of aromatic nitrogens is 1. The number of nitrogens with one attached hydrogen (secondary N) is 2. The van der Waals surface area contributed by atoms with Gasteiger partial charge in [-0.1, -0.05) is 19.9 Å². The van der Waals surface area contributed by atoms with Crippen LogP contribution in [0.15, 0.2) is 65.4 Å². The lowest BCUT2D eigenvalue weighted by Gasteiger charge is -2.26. The van der Waals surface area contributed by atoms with Gasteiger partial charge in [0.25, 0.3) is 0 Å². The molecule has 7 heteroatoms. The molecule has 2 N–H and O–H groups in total. The number of pyridine rings is 1.